The molecule has 1 atom stereocenters. The van der Waals surface area contributed by atoms with Crippen molar-refractivity contribution in [1.82, 2.24) is 9.80 Å². The Morgan fingerprint density at radius 3 is 2.54 bits per heavy atom. The van der Waals surface area contributed by atoms with Crippen molar-refractivity contribution >= 4 is 34.3 Å². The summed E-state index contributed by atoms with van der Waals surface area (Å²) in [5, 5.41) is 12.1. The molecule has 1 aliphatic rings. The fourth-order valence-electron chi connectivity index (χ4n) is 4.55. The number of benzene rings is 2. The normalized spacial score (nSPS) is 16.1. The van der Waals surface area contributed by atoms with E-state index in [4.69, 9.17) is 20.8 Å². The number of fused-ring (bicyclic) bond motifs is 1. The average Bonchev–Trinajstić information content (AvgIpc) is 3.41. The van der Waals surface area contributed by atoms with Gasteiger partial charge >= 0.3 is 0 Å². The van der Waals surface area contributed by atoms with Crippen LogP contribution in [0.25, 0.3) is 11.0 Å². The number of halogens is 1. The summed E-state index contributed by atoms with van der Waals surface area (Å²) in [5.41, 5.74) is 1.12. The summed E-state index contributed by atoms with van der Waals surface area (Å²) >= 11 is 6.09. The summed E-state index contributed by atoms with van der Waals surface area (Å²) in [5.74, 6) is -1.13. The number of aliphatic hydroxyl groups is 1. The molecule has 1 aliphatic heterocycles. The van der Waals surface area contributed by atoms with E-state index < -0.39 is 23.5 Å². The van der Waals surface area contributed by atoms with Crippen molar-refractivity contribution in [1.29, 1.82) is 0 Å². The standard InChI is InChI=1S/C27H29ClN2O5/c1-4-29(5-2)14-7-15-30-23(17-10-12-19(28)13-11-17)22(25(32)27(30)33)24(31)21-16-18-8-6-9-20(34-3)26(18)35-21/h6,8-13,16,23,32H,4-5,7,14-15H2,1-3H3/t23-/m0/s1. The number of carbonyl (C=O) groups is 2. The van der Waals surface area contributed by atoms with Crippen LogP contribution in [-0.2, 0) is 4.79 Å². The number of hydrogen-bond acceptors (Lipinski definition) is 6. The van der Waals surface area contributed by atoms with Crippen molar-refractivity contribution in [3.8, 4) is 5.75 Å². The van der Waals surface area contributed by atoms with Gasteiger partial charge in [0.2, 0.25) is 5.78 Å². The molecular weight excluding hydrogens is 468 g/mol. The maximum Gasteiger partial charge on any atom is 0.290 e. The molecule has 35 heavy (non-hydrogen) atoms. The molecule has 0 fully saturated rings. The van der Waals surface area contributed by atoms with Crippen molar-refractivity contribution in [2.24, 2.45) is 0 Å². The second kappa shape index (κ2) is 10.5. The van der Waals surface area contributed by atoms with Gasteiger partial charge in [0, 0.05) is 17.0 Å². The molecule has 0 bridgehead atoms. The first-order chi connectivity index (χ1) is 16.9. The summed E-state index contributed by atoms with van der Waals surface area (Å²) < 4.78 is 11.2. The van der Waals surface area contributed by atoms with Gasteiger partial charge < -0.3 is 24.1 Å². The van der Waals surface area contributed by atoms with Gasteiger partial charge in [0.05, 0.1) is 18.7 Å². The number of nitrogens with zero attached hydrogens (tertiary/aromatic N) is 2. The molecule has 2 heterocycles. The number of furan rings is 1. The van der Waals surface area contributed by atoms with Crippen LogP contribution >= 0.6 is 11.6 Å². The largest absolute Gasteiger partial charge is 0.503 e. The lowest BCUT2D eigenvalue weighted by Crippen LogP contribution is -2.34. The third-order valence-corrected chi connectivity index (χ3v) is 6.71. The van der Waals surface area contributed by atoms with Crippen molar-refractivity contribution < 1.29 is 23.8 Å². The second-order valence-electron chi connectivity index (χ2n) is 8.41. The number of aliphatic hydroxyl groups excluding tert-OH is 1. The van der Waals surface area contributed by atoms with Crippen LogP contribution in [0, 0.1) is 0 Å². The molecule has 3 aromatic rings. The third kappa shape index (κ3) is 4.79. The highest BCUT2D eigenvalue weighted by atomic mass is 35.5. The van der Waals surface area contributed by atoms with Crippen LogP contribution in [0.1, 0.15) is 42.4 Å². The van der Waals surface area contributed by atoms with E-state index in [0.717, 1.165) is 19.6 Å². The van der Waals surface area contributed by atoms with Crippen molar-refractivity contribution in [2.45, 2.75) is 26.3 Å². The molecule has 0 saturated heterocycles. The number of amides is 1. The number of Topliss-reactive ketones (excluding diaryl/α,β-unsaturated/α-hetero) is 1. The Morgan fingerprint density at radius 1 is 1.17 bits per heavy atom. The maximum absolute atomic E-state index is 13.7. The summed E-state index contributed by atoms with van der Waals surface area (Å²) in [6, 6.07) is 13.2. The second-order valence-corrected chi connectivity index (χ2v) is 8.85. The van der Waals surface area contributed by atoms with E-state index >= 15 is 0 Å². The zero-order valence-electron chi connectivity index (χ0n) is 20.1. The first kappa shape index (κ1) is 24.8. The van der Waals surface area contributed by atoms with Gasteiger partial charge in [-0.25, -0.2) is 0 Å². The van der Waals surface area contributed by atoms with Gasteiger partial charge in [-0.1, -0.05) is 49.7 Å². The minimum atomic E-state index is -0.751. The van der Waals surface area contributed by atoms with Crippen LogP contribution in [0.5, 0.6) is 5.75 Å². The highest BCUT2D eigenvalue weighted by Gasteiger charge is 2.44. The summed E-state index contributed by atoms with van der Waals surface area (Å²) in [7, 11) is 1.52. The zero-order chi connectivity index (χ0) is 25.1. The summed E-state index contributed by atoms with van der Waals surface area (Å²) in [4.78, 5) is 30.7. The summed E-state index contributed by atoms with van der Waals surface area (Å²) in [6.45, 7) is 7.19. The van der Waals surface area contributed by atoms with E-state index in [0.29, 0.717) is 40.3 Å². The molecular formula is C27H29ClN2O5. The first-order valence-electron chi connectivity index (χ1n) is 11.7. The quantitative estimate of drug-likeness (QED) is 0.378. The Bertz CT molecular complexity index is 1260. The molecule has 1 N–H and O–H groups in total. The number of carbonyl (C=O) groups excluding carboxylic acids is 2. The zero-order valence-corrected chi connectivity index (χ0v) is 20.8. The molecule has 7 nitrogen and oxygen atoms in total. The van der Waals surface area contributed by atoms with Gasteiger partial charge in [0.1, 0.15) is 0 Å². The molecule has 4 rings (SSSR count). The van der Waals surface area contributed by atoms with E-state index in [2.05, 4.69) is 18.7 Å². The van der Waals surface area contributed by atoms with Crippen LogP contribution in [0.15, 0.2) is 64.3 Å². The van der Waals surface area contributed by atoms with Crippen LogP contribution in [0.2, 0.25) is 5.02 Å². The minimum Gasteiger partial charge on any atom is -0.503 e. The molecule has 0 spiro atoms. The van der Waals surface area contributed by atoms with Crippen molar-refractivity contribution in [3.05, 3.63) is 76.2 Å². The molecule has 8 heteroatoms. The SMILES string of the molecule is CCN(CC)CCCN1C(=O)C(O)=C(C(=O)c2cc3cccc(OC)c3o2)[C@@H]1c1ccc(Cl)cc1. The Hall–Kier alpha value is -3.29. The van der Waals surface area contributed by atoms with Crippen LogP contribution in [0.3, 0.4) is 0 Å². The highest BCUT2D eigenvalue weighted by molar-refractivity contribution is 6.30. The van der Waals surface area contributed by atoms with E-state index in [1.165, 1.54) is 7.11 Å². The van der Waals surface area contributed by atoms with Crippen LogP contribution in [-0.4, -0.2) is 59.9 Å². The summed E-state index contributed by atoms with van der Waals surface area (Å²) in [6.07, 6.45) is 0.702. The molecule has 184 valence electrons. The van der Waals surface area contributed by atoms with Gasteiger partial charge in [-0.05, 0) is 55.9 Å². The number of hydrogen-bond donors (Lipinski definition) is 1. The van der Waals surface area contributed by atoms with Crippen LogP contribution < -0.4 is 4.74 Å². The maximum atomic E-state index is 13.7. The number of para-hydroxylation sites is 1. The molecule has 1 amide bonds. The van der Waals surface area contributed by atoms with Gasteiger partial charge in [-0.15, -0.1) is 0 Å². The van der Waals surface area contributed by atoms with E-state index in [-0.39, 0.29) is 11.3 Å². The van der Waals surface area contributed by atoms with Gasteiger partial charge in [0.25, 0.3) is 5.91 Å². The Kier molecular flexibility index (Phi) is 7.48. The predicted octanol–water partition coefficient (Wildman–Crippen LogP) is 5.41. The molecule has 2 aromatic carbocycles. The number of rotatable bonds is 10. The average molecular weight is 497 g/mol. The number of ketones is 1. The lowest BCUT2D eigenvalue weighted by Gasteiger charge is -2.28. The van der Waals surface area contributed by atoms with Gasteiger partial charge in [-0.3, -0.25) is 9.59 Å². The monoisotopic (exact) mass is 496 g/mol. The lowest BCUT2D eigenvalue weighted by atomic mass is 9.95. The Morgan fingerprint density at radius 2 is 1.89 bits per heavy atom. The Balaban J connectivity index is 1.71. The minimum absolute atomic E-state index is 0.00168. The first-order valence-corrected chi connectivity index (χ1v) is 12.1. The molecule has 0 radical (unpaired) electrons. The van der Waals surface area contributed by atoms with E-state index in [9.17, 15) is 14.7 Å². The molecule has 0 aliphatic carbocycles. The number of ether oxygens (including phenoxy) is 1. The topological polar surface area (TPSA) is 83.2 Å². The Labute approximate surface area is 209 Å². The number of methoxy groups -OCH3 is 1. The highest BCUT2D eigenvalue weighted by Crippen LogP contribution is 2.40. The van der Waals surface area contributed by atoms with E-state index in [1.807, 2.05) is 6.07 Å². The molecule has 0 saturated carbocycles. The van der Waals surface area contributed by atoms with Crippen molar-refractivity contribution in [3.63, 3.8) is 0 Å². The fraction of sp³-hybridized carbons (Fsp3) is 0.333. The van der Waals surface area contributed by atoms with E-state index in [1.54, 1.807) is 47.4 Å². The van der Waals surface area contributed by atoms with Gasteiger partial charge in [0.15, 0.2) is 22.9 Å². The van der Waals surface area contributed by atoms with Gasteiger partial charge in [-0.2, -0.15) is 0 Å². The lowest BCUT2D eigenvalue weighted by molar-refractivity contribution is -0.129. The smallest absolute Gasteiger partial charge is 0.290 e. The fourth-order valence-corrected chi connectivity index (χ4v) is 4.68. The third-order valence-electron chi connectivity index (χ3n) is 6.45. The van der Waals surface area contributed by atoms with Crippen molar-refractivity contribution in [2.75, 3.05) is 33.3 Å². The predicted molar refractivity (Wildman–Crippen MR) is 135 cm³/mol. The van der Waals surface area contributed by atoms with Crippen LogP contribution in [0.4, 0.5) is 0 Å². The molecule has 1 aromatic heterocycles. The molecule has 0 unspecified atom stereocenters.